The highest BCUT2D eigenvalue weighted by atomic mass is 32.1. The zero-order valence-electron chi connectivity index (χ0n) is 15.1. The lowest BCUT2D eigenvalue weighted by molar-refractivity contribution is 0.0594. The van der Waals surface area contributed by atoms with Crippen LogP contribution >= 0.6 is 11.3 Å². The van der Waals surface area contributed by atoms with E-state index in [2.05, 4.69) is 9.72 Å². The molecule has 27 heavy (non-hydrogen) atoms. The Balaban J connectivity index is 2.07. The minimum Gasteiger partial charge on any atom is -0.464 e. The SMILES string of the molecule is COC(=O)c1csc(C(=O)c2cn(C(=O)[C@@H](N)C(C)C)c3ccccc23)n1. The second-order valence-corrected chi connectivity index (χ2v) is 7.25. The van der Waals surface area contributed by atoms with Crippen LogP contribution in [0.1, 0.15) is 44.5 Å². The van der Waals surface area contributed by atoms with Gasteiger partial charge in [0, 0.05) is 17.0 Å². The number of hydrogen-bond acceptors (Lipinski definition) is 7. The highest BCUT2D eigenvalue weighted by Crippen LogP contribution is 2.26. The Morgan fingerprint density at radius 3 is 2.59 bits per heavy atom. The third-order valence-corrected chi connectivity index (χ3v) is 5.13. The standard InChI is InChI=1S/C19H19N3O4S/c1-10(2)15(20)18(24)22-8-12(11-6-4-5-7-14(11)22)16(23)17-21-13(9-27-17)19(25)26-3/h4-10,15H,20H2,1-3H3/t15-/m0/s1. The van der Waals surface area contributed by atoms with Gasteiger partial charge in [-0.2, -0.15) is 0 Å². The smallest absolute Gasteiger partial charge is 0.357 e. The van der Waals surface area contributed by atoms with E-state index >= 15 is 0 Å². The summed E-state index contributed by atoms with van der Waals surface area (Å²) < 4.78 is 6.04. The van der Waals surface area contributed by atoms with Gasteiger partial charge in [0.1, 0.15) is 0 Å². The van der Waals surface area contributed by atoms with Crippen LogP contribution in [-0.4, -0.2) is 40.4 Å². The van der Waals surface area contributed by atoms with E-state index in [-0.39, 0.29) is 28.3 Å². The van der Waals surface area contributed by atoms with Crippen LogP contribution < -0.4 is 5.73 Å². The molecule has 140 valence electrons. The monoisotopic (exact) mass is 385 g/mol. The molecular formula is C19H19N3O4S. The molecule has 2 N–H and O–H groups in total. The van der Waals surface area contributed by atoms with E-state index in [1.165, 1.54) is 23.3 Å². The molecule has 8 heteroatoms. The average Bonchev–Trinajstić information content (AvgIpc) is 3.31. The number of carbonyl (C=O) groups excluding carboxylic acids is 3. The Morgan fingerprint density at radius 1 is 1.22 bits per heavy atom. The Labute approximate surface area is 159 Å². The van der Waals surface area contributed by atoms with Gasteiger partial charge in [0.05, 0.1) is 24.2 Å². The zero-order valence-corrected chi connectivity index (χ0v) is 15.9. The second-order valence-electron chi connectivity index (χ2n) is 6.40. The van der Waals surface area contributed by atoms with Gasteiger partial charge < -0.3 is 10.5 Å². The van der Waals surface area contributed by atoms with Crippen LogP contribution in [0.3, 0.4) is 0 Å². The number of rotatable bonds is 5. The number of nitrogens with zero attached hydrogens (tertiary/aromatic N) is 2. The van der Waals surface area contributed by atoms with E-state index in [0.29, 0.717) is 16.5 Å². The predicted octanol–water partition coefficient (Wildman–Crippen LogP) is 2.74. The largest absolute Gasteiger partial charge is 0.464 e. The van der Waals surface area contributed by atoms with Gasteiger partial charge in [-0.15, -0.1) is 11.3 Å². The molecule has 0 bridgehead atoms. The molecule has 2 heterocycles. The third kappa shape index (κ3) is 3.41. The van der Waals surface area contributed by atoms with Crippen LogP contribution in [0.4, 0.5) is 0 Å². The van der Waals surface area contributed by atoms with E-state index in [0.717, 1.165) is 11.3 Å². The van der Waals surface area contributed by atoms with Gasteiger partial charge >= 0.3 is 5.97 Å². The van der Waals surface area contributed by atoms with Gasteiger partial charge in [0.15, 0.2) is 10.7 Å². The van der Waals surface area contributed by atoms with Gasteiger partial charge in [-0.3, -0.25) is 14.2 Å². The van der Waals surface area contributed by atoms with Gasteiger partial charge in [0.2, 0.25) is 11.7 Å². The Bertz CT molecular complexity index is 1030. The molecule has 0 saturated heterocycles. The maximum Gasteiger partial charge on any atom is 0.357 e. The predicted molar refractivity (Wildman–Crippen MR) is 102 cm³/mol. The summed E-state index contributed by atoms with van der Waals surface area (Å²) in [5, 5.41) is 2.25. The highest BCUT2D eigenvalue weighted by Gasteiger charge is 2.25. The van der Waals surface area contributed by atoms with E-state index in [9.17, 15) is 14.4 Å². The molecule has 0 saturated carbocycles. The summed E-state index contributed by atoms with van der Waals surface area (Å²) in [6.07, 6.45) is 1.50. The topological polar surface area (TPSA) is 104 Å². The number of ketones is 1. The number of thiazole rings is 1. The molecule has 3 aromatic rings. The summed E-state index contributed by atoms with van der Waals surface area (Å²) in [6, 6.07) is 6.42. The van der Waals surface area contributed by atoms with E-state index in [1.807, 2.05) is 13.8 Å². The highest BCUT2D eigenvalue weighted by molar-refractivity contribution is 7.12. The maximum absolute atomic E-state index is 13.0. The van der Waals surface area contributed by atoms with Crippen molar-refractivity contribution >= 4 is 39.9 Å². The van der Waals surface area contributed by atoms with Crippen LogP contribution in [0.25, 0.3) is 10.9 Å². The first kappa shape index (κ1) is 18.9. The van der Waals surface area contributed by atoms with Crippen molar-refractivity contribution in [3.8, 4) is 0 Å². The molecule has 0 spiro atoms. The van der Waals surface area contributed by atoms with Crippen LogP contribution in [0, 0.1) is 5.92 Å². The van der Waals surface area contributed by atoms with Crippen molar-refractivity contribution in [2.45, 2.75) is 19.9 Å². The van der Waals surface area contributed by atoms with Crippen LogP contribution in [-0.2, 0) is 4.74 Å². The van der Waals surface area contributed by atoms with Gasteiger partial charge in [-0.25, -0.2) is 9.78 Å². The molecule has 0 radical (unpaired) electrons. The number of esters is 1. The number of para-hydroxylation sites is 1. The third-order valence-electron chi connectivity index (χ3n) is 4.29. The molecular weight excluding hydrogens is 366 g/mol. The molecule has 3 rings (SSSR count). The molecule has 0 fully saturated rings. The first-order valence-electron chi connectivity index (χ1n) is 8.33. The zero-order chi connectivity index (χ0) is 19.7. The van der Waals surface area contributed by atoms with Crippen molar-refractivity contribution in [3.63, 3.8) is 0 Å². The summed E-state index contributed by atoms with van der Waals surface area (Å²) in [4.78, 5) is 41.4. The lowest BCUT2D eigenvalue weighted by Gasteiger charge is -2.15. The second kappa shape index (κ2) is 7.42. The first-order valence-corrected chi connectivity index (χ1v) is 9.21. The average molecular weight is 385 g/mol. The molecule has 2 aromatic heterocycles. The van der Waals surface area contributed by atoms with Crippen molar-refractivity contribution in [1.29, 1.82) is 0 Å². The van der Waals surface area contributed by atoms with Crippen molar-refractivity contribution in [1.82, 2.24) is 9.55 Å². The lowest BCUT2D eigenvalue weighted by Crippen LogP contribution is -2.38. The van der Waals surface area contributed by atoms with Crippen molar-refractivity contribution in [2.75, 3.05) is 7.11 Å². The minimum absolute atomic E-state index is 0.0422. The number of nitrogens with two attached hydrogens (primary N) is 1. The van der Waals surface area contributed by atoms with Crippen molar-refractivity contribution in [2.24, 2.45) is 11.7 Å². The fourth-order valence-corrected chi connectivity index (χ4v) is 3.42. The summed E-state index contributed by atoms with van der Waals surface area (Å²) in [7, 11) is 1.25. The molecule has 0 unspecified atom stereocenters. The van der Waals surface area contributed by atoms with Crippen molar-refractivity contribution in [3.05, 3.63) is 52.1 Å². The van der Waals surface area contributed by atoms with Gasteiger partial charge in [0.25, 0.3) is 0 Å². The maximum atomic E-state index is 13.0. The first-order chi connectivity index (χ1) is 12.8. The lowest BCUT2D eigenvalue weighted by atomic mass is 10.1. The summed E-state index contributed by atoms with van der Waals surface area (Å²) in [5.74, 6) is -1.30. The minimum atomic E-state index is -0.686. The van der Waals surface area contributed by atoms with Crippen LogP contribution in [0.2, 0.25) is 0 Å². The number of hydrogen-bond donors (Lipinski definition) is 1. The van der Waals surface area contributed by atoms with Gasteiger partial charge in [-0.05, 0) is 12.0 Å². The fraction of sp³-hybridized carbons (Fsp3) is 0.263. The van der Waals surface area contributed by atoms with Crippen LogP contribution in [0.15, 0.2) is 35.8 Å². The quantitative estimate of drug-likeness (QED) is 0.535. The Hall–Kier alpha value is -2.84. The number of methoxy groups -OCH3 is 1. The van der Waals surface area contributed by atoms with E-state index in [1.54, 1.807) is 24.3 Å². The Kier molecular flexibility index (Phi) is 5.20. The van der Waals surface area contributed by atoms with Crippen LogP contribution in [0.5, 0.6) is 0 Å². The number of benzene rings is 1. The van der Waals surface area contributed by atoms with E-state index < -0.39 is 12.0 Å². The van der Waals surface area contributed by atoms with Gasteiger partial charge in [-0.1, -0.05) is 32.0 Å². The summed E-state index contributed by atoms with van der Waals surface area (Å²) in [5.41, 5.74) is 7.03. The fourth-order valence-electron chi connectivity index (χ4n) is 2.68. The number of aromatic nitrogens is 2. The van der Waals surface area contributed by atoms with Crippen molar-refractivity contribution < 1.29 is 19.1 Å². The molecule has 0 aliphatic heterocycles. The molecule has 1 aromatic carbocycles. The summed E-state index contributed by atoms with van der Waals surface area (Å²) in [6.45, 7) is 3.73. The molecule has 0 amide bonds. The van der Waals surface area contributed by atoms with E-state index in [4.69, 9.17) is 5.73 Å². The number of carbonyl (C=O) groups is 3. The number of ether oxygens (including phenoxy) is 1. The molecule has 0 aliphatic carbocycles. The molecule has 1 atom stereocenters. The normalized spacial score (nSPS) is 12.3. The summed E-state index contributed by atoms with van der Waals surface area (Å²) >= 11 is 1.05. The molecule has 0 aliphatic rings. The Morgan fingerprint density at radius 2 is 1.93 bits per heavy atom. The molecule has 7 nitrogen and oxygen atoms in total. The number of fused-ring (bicyclic) bond motifs is 1.